The van der Waals surface area contributed by atoms with Gasteiger partial charge in [0.1, 0.15) is 5.54 Å². The van der Waals surface area contributed by atoms with E-state index in [9.17, 15) is 4.79 Å². The van der Waals surface area contributed by atoms with E-state index in [0.717, 1.165) is 11.1 Å². The number of hydrogen-bond acceptors (Lipinski definition) is 3. The largest absolute Gasteiger partial charge is 0.467 e. The minimum atomic E-state index is -0.777. The van der Waals surface area contributed by atoms with Crippen LogP contribution in [0.5, 0.6) is 0 Å². The third-order valence-electron chi connectivity index (χ3n) is 2.69. The summed E-state index contributed by atoms with van der Waals surface area (Å²) in [6.45, 7) is 3.81. The van der Waals surface area contributed by atoms with Crippen molar-refractivity contribution in [2.45, 2.75) is 19.4 Å². The van der Waals surface area contributed by atoms with Crippen LogP contribution in [-0.4, -0.2) is 20.1 Å². The smallest absolute Gasteiger partial charge is 0.330 e. The van der Waals surface area contributed by atoms with Crippen LogP contribution in [0, 0.1) is 6.92 Å². The molecule has 1 N–H and O–H groups in total. The Balaban J connectivity index is 3.16. The van der Waals surface area contributed by atoms with Gasteiger partial charge in [0, 0.05) is 0 Å². The highest BCUT2D eigenvalue weighted by molar-refractivity contribution is 5.82. The molecule has 3 nitrogen and oxygen atoms in total. The monoisotopic (exact) mass is 207 g/mol. The molecule has 0 aliphatic heterocycles. The van der Waals surface area contributed by atoms with Crippen molar-refractivity contribution in [3.8, 4) is 0 Å². The molecule has 0 radical (unpaired) electrons. The highest BCUT2D eigenvalue weighted by atomic mass is 16.5. The van der Waals surface area contributed by atoms with Gasteiger partial charge in [-0.25, -0.2) is 4.79 Å². The fourth-order valence-corrected chi connectivity index (χ4v) is 1.52. The van der Waals surface area contributed by atoms with E-state index in [2.05, 4.69) is 5.32 Å². The molecule has 0 aliphatic carbocycles. The fourth-order valence-electron chi connectivity index (χ4n) is 1.52. The molecule has 0 aliphatic rings. The lowest BCUT2D eigenvalue weighted by atomic mass is 9.91. The number of carbonyl (C=O) groups is 1. The number of aryl methyl sites for hydroxylation is 1. The second-order valence-corrected chi connectivity index (χ2v) is 3.74. The lowest BCUT2D eigenvalue weighted by Crippen LogP contribution is -2.45. The van der Waals surface area contributed by atoms with Gasteiger partial charge >= 0.3 is 5.97 Å². The Morgan fingerprint density at radius 3 is 2.60 bits per heavy atom. The maximum Gasteiger partial charge on any atom is 0.330 e. The zero-order chi connectivity index (χ0) is 11.5. The summed E-state index contributed by atoms with van der Waals surface area (Å²) >= 11 is 0. The fraction of sp³-hybridized carbons (Fsp3) is 0.417. The van der Waals surface area contributed by atoms with Crippen molar-refractivity contribution in [2.75, 3.05) is 14.2 Å². The van der Waals surface area contributed by atoms with Crippen LogP contribution in [0.4, 0.5) is 0 Å². The third-order valence-corrected chi connectivity index (χ3v) is 2.69. The van der Waals surface area contributed by atoms with Crippen LogP contribution in [-0.2, 0) is 15.1 Å². The van der Waals surface area contributed by atoms with Gasteiger partial charge in [-0.1, -0.05) is 29.8 Å². The lowest BCUT2D eigenvalue weighted by molar-refractivity contribution is -0.148. The predicted octanol–water partition coefficient (Wildman–Crippen LogP) is 1.60. The average molecular weight is 207 g/mol. The number of methoxy groups -OCH3 is 1. The summed E-state index contributed by atoms with van der Waals surface area (Å²) in [5, 5.41) is 3.00. The molecule has 1 atom stereocenters. The zero-order valence-corrected chi connectivity index (χ0v) is 9.63. The van der Waals surface area contributed by atoms with E-state index in [-0.39, 0.29) is 5.97 Å². The normalized spacial score (nSPS) is 14.4. The standard InChI is InChI=1S/C12H17NO2/c1-9-6-5-7-10(8-9)12(2,13-3)11(14)15-4/h5-8,13H,1-4H3. The molecule has 1 aromatic rings. The number of carbonyl (C=O) groups excluding carboxylic acids is 1. The van der Waals surface area contributed by atoms with Crippen molar-refractivity contribution in [3.05, 3.63) is 35.4 Å². The van der Waals surface area contributed by atoms with E-state index in [4.69, 9.17) is 4.74 Å². The van der Waals surface area contributed by atoms with Crippen LogP contribution >= 0.6 is 0 Å². The summed E-state index contributed by atoms with van der Waals surface area (Å²) in [7, 11) is 3.15. The Kier molecular flexibility index (Phi) is 3.48. The van der Waals surface area contributed by atoms with Gasteiger partial charge in [0.05, 0.1) is 7.11 Å². The Morgan fingerprint density at radius 2 is 2.13 bits per heavy atom. The van der Waals surface area contributed by atoms with Crippen LogP contribution in [0.3, 0.4) is 0 Å². The van der Waals surface area contributed by atoms with Gasteiger partial charge in [-0.15, -0.1) is 0 Å². The number of benzene rings is 1. The molecular formula is C12H17NO2. The first kappa shape index (κ1) is 11.7. The third kappa shape index (κ3) is 2.18. The summed E-state index contributed by atoms with van der Waals surface area (Å²) < 4.78 is 4.80. The number of hydrogen-bond donors (Lipinski definition) is 1. The molecule has 82 valence electrons. The summed E-state index contributed by atoms with van der Waals surface area (Å²) in [6.07, 6.45) is 0. The van der Waals surface area contributed by atoms with Gasteiger partial charge in [-0.2, -0.15) is 0 Å². The molecule has 1 rings (SSSR count). The topological polar surface area (TPSA) is 38.3 Å². The van der Waals surface area contributed by atoms with E-state index in [1.807, 2.05) is 38.1 Å². The van der Waals surface area contributed by atoms with Crippen molar-refractivity contribution in [1.29, 1.82) is 0 Å². The zero-order valence-electron chi connectivity index (χ0n) is 9.63. The minimum absolute atomic E-state index is 0.282. The van der Waals surface area contributed by atoms with Crippen LogP contribution in [0.15, 0.2) is 24.3 Å². The maximum atomic E-state index is 11.7. The van der Waals surface area contributed by atoms with Gasteiger partial charge < -0.3 is 10.1 Å². The molecule has 0 saturated carbocycles. The van der Waals surface area contributed by atoms with E-state index in [0.29, 0.717) is 0 Å². The van der Waals surface area contributed by atoms with Gasteiger partial charge in [-0.05, 0) is 26.5 Å². The van der Waals surface area contributed by atoms with E-state index >= 15 is 0 Å². The summed E-state index contributed by atoms with van der Waals surface area (Å²) in [5.41, 5.74) is 1.26. The molecule has 0 heterocycles. The summed E-state index contributed by atoms with van der Waals surface area (Å²) in [6, 6.07) is 7.83. The van der Waals surface area contributed by atoms with E-state index < -0.39 is 5.54 Å². The van der Waals surface area contributed by atoms with Crippen molar-refractivity contribution in [3.63, 3.8) is 0 Å². The van der Waals surface area contributed by atoms with Crippen molar-refractivity contribution in [1.82, 2.24) is 5.32 Å². The minimum Gasteiger partial charge on any atom is -0.467 e. The van der Waals surface area contributed by atoms with Crippen LogP contribution in [0.2, 0.25) is 0 Å². The second-order valence-electron chi connectivity index (χ2n) is 3.74. The number of esters is 1. The summed E-state index contributed by atoms with van der Waals surface area (Å²) in [5.74, 6) is -0.282. The SMILES string of the molecule is CNC(C)(C(=O)OC)c1cccc(C)c1. The predicted molar refractivity (Wildman–Crippen MR) is 59.6 cm³/mol. The number of nitrogens with one attached hydrogen (secondary N) is 1. The Hall–Kier alpha value is -1.35. The molecule has 3 heteroatoms. The van der Waals surface area contributed by atoms with Gasteiger partial charge in [0.25, 0.3) is 0 Å². The van der Waals surface area contributed by atoms with Gasteiger partial charge in [0.15, 0.2) is 0 Å². The molecule has 0 fully saturated rings. The first-order valence-corrected chi connectivity index (χ1v) is 4.89. The average Bonchev–Trinajstić information content (AvgIpc) is 2.26. The van der Waals surface area contributed by atoms with E-state index in [1.165, 1.54) is 7.11 Å². The van der Waals surface area contributed by atoms with E-state index in [1.54, 1.807) is 7.05 Å². The highest BCUT2D eigenvalue weighted by Gasteiger charge is 2.34. The molecule has 1 aromatic carbocycles. The molecule has 0 bridgehead atoms. The van der Waals surface area contributed by atoms with Crippen LogP contribution in [0.1, 0.15) is 18.1 Å². The van der Waals surface area contributed by atoms with Gasteiger partial charge in [-0.3, -0.25) is 0 Å². The lowest BCUT2D eigenvalue weighted by Gasteiger charge is -2.26. The molecule has 0 aromatic heterocycles. The van der Waals surface area contributed by atoms with Crippen molar-refractivity contribution in [2.24, 2.45) is 0 Å². The van der Waals surface area contributed by atoms with Crippen molar-refractivity contribution >= 4 is 5.97 Å². The van der Waals surface area contributed by atoms with Crippen LogP contribution < -0.4 is 5.32 Å². The molecule has 0 saturated heterocycles. The number of rotatable bonds is 3. The Morgan fingerprint density at radius 1 is 1.47 bits per heavy atom. The number of likely N-dealkylation sites (N-methyl/N-ethyl adjacent to an activating group) is 1. The number of ether oxygens (including phenoxy) is 1. The van der Waals surface area contributed by atoms with Crippen LogP contribution in [0.25, 0.3) is 0 Å². The quantitative estimate of drug-likeness (QED) is 0.765. The highest BCUT2D eigenvalue weighted by Crippen LogP contribution is 2.22. The molecule has 1 unspecified atom stereocenters. The maximum absolute atomic E-state index is 11.7. The van der Waals surface area contributed by atoms with Gasteiger partial charge in [0.2, 0.25) is 0 Å². The molecule has 15 heavy (non-hydrogen) atoms. The molecule has 0 spiro atoms. The molecular weight excluding hydrogens is 190 g/mol. The summed E-state index contributed by atoms with van der Waals surface area (Å²) in [4.78, 5) is 11.7. The molecule has 0 amide bonds. The van der Waals surface area contributed by atoms with Crippen molar-refractivity contribution < 1.29 is 9.53 Å². The first-order valence-electron chi connectivity index (χ1n) is 4.89. The first-order chi connectivity index (χ1) is 7.04. The Bertz CT molecular complexity index is 362. The Labute approximate surface area is 90.4 Å². The second kappa shape index (κ2) is 4.45.